The average molecular weight is 390 g/mol. The molecule has 0 bridgehead atoms. The van der Waals surface area contributed by atoms with E-state index in [9.17, 15) is 13.7 Å². The lowest BCUT2D eigenvalue weighted by Crippen LogP contribution is -2.05. The van der Waals surface area contributed by atoms with Gasteiger partial charge in [-0.1, -0.05) is 19.1 Å². The van der Waals surface area contributed by atoms with E-state index in [2.05, 4.69) is 0 Å². The normalized spacial score (nSPS) is 15.5. The SMILES string of the molecule is CCCOc1cc2c(cc1C(=O)C=Cc1ccc(OC)c(F)c1)OC[S+]2[O-]. The van der Waals surface area contributed by atoms with Crippen LogP contribution in [0.25, 0.3) is 6.08 Å². The Hall–Kier alpha value is -2.51. The van der Waals surface area contributed by atoms with Crippen LogP contribution in [-0.2, 0) is 11.2 Å². The Bertz CT molecular complexity index is 881. The number of benzene rings is 2. The summed E-state index contributed by atoms with van der Waals surface area (Å²) >= 11 is -1.26. The zero-order chi connectivity index (χ0) is 19.4. The Morgan fingerprint density at radius 2 is 2.15 bits per heavy atom. The van der Waals surface area contributed by atoms with Crippen LogP contribution in [0.5, 0.6) is 17.2 Å². The number of ketones is 1. The minimum atomic E-state index is -1.26. The maximum atomic E-state index is 13.8. The van der Waals surface area contributed by atoms with Crippen LogP contribution < -0.4 is 14.2 Å². The molecule has 0 amide bonds. The fourth-order valence-corrected chi connectivity index (χ4v) is 3.53. The van der Waals surface area contributed by atoms with Gasteiger partial charge in [-0.15, -0.1) is 0 Å². The van der Waals surface area contributed by atoms with Gasteiger partial charge >= 0.3 is 0 Å². The molecule has 0 fully saturated rings. The molecule has 0 aromatic heterocycles. The molecule has 0 N–H and O–H groups in total. The van der Waals surface area contributed by atoms with Crippen molar-refractivity contribution in [3.05, 3.63) is 53.4 Å². The third-order valence-corrected chi connectivity index (χ3v) is 5.08. The number of carbonyl (C=O) groups is 1. The Morgan fingerprint density at radius 3 is 2.85 bits per heavy atom. The van der Waals surface area contributed by atoms with Crippen LogP contribution >= 0.6 is 0 Å². The molecule has 142 valence electrons. The molecule has 0 saturated heterocycles. The van der Waals surface area contributed by atoms with Gasteiger partial charge in [0, 0.05) is 23.3 Å². The molecule has 2 aromatic carbocycles. The van der Waals surface area contributed by atoms with Gasteiger partial charge in [-0.25, -0.2) is 4.39 Å². The van der Waals surface area contributed by atoms with Crippen molar-refractivity contribution in [3.8, 4) is 17.2 Å². The summed E-state index contributed by atoms with van der Waals surface area (Å²) in [6, 6.07) is 7.57. The van der Waals surface area contributed by atoms with Gasteiger partial charge in [0.2, 0.25) is 4.90 Å². The number of carbonyl (C=O) groups excluding carboxylic acids is 1. The second-order valence-corrected chi connectivity index (χ2v) is 7.21. The van der Waals surface area contributed by atoms with Gasteiger partial charge in [-0.05, 0) is 30.2 Å². The molecule has 1 unspecified atom stereocenters. The first-order valence-electron chi connectivity index (χ1n) is 8.41. The van der Waals surface area contributed by atoms with Crippen LogP contribution in [0.15, 0.2) is 41.3 Å². The molecule has 0 saturated carbocycles. The molecule has 1 atom stereocenters. The maximum Gasteiger partial charge on any atom is 0.250 e. The van der Waals surface area contributed by atoms with E-state index in [1.165, 1.54) is 31.4 Å². The van der Waals surface area contributed by atoms with Crippen molar-refractivity contribution in [3.63, 3.8) is 0 Å². The second-order valence-electron chi connectivity index (χ2n) is 5.84. The van der Waals surface area contributed by atoms with E-state index >= 15 is 0 Å². The second kappa shape index (κ2) is 8.45. The van der Waals surface area contributed by atoms with Gasteiger partial charge in [0.1, 0.15) is 5.75 Å². The number of hydrogen-bond donors (Lipinski definition) is 0. The molecule has 1 aliphatic rings. The van der Waals surface area contributed by atoms with Crippen LogP contribution in [0.2, 0.25) is 0 Å². The minimum absolute atomic E-state index is 0.0706. The van der Waals surface area contributed by atoms with Crippen LogP contribution in [-0.4, -0.2) is 30.0 Å². The molecule has 0 aliphatic carbocycles. The molecule has 7 heteroatoms. The summed E-state index contributed by atoms with van der Waals surface area (Å²) in [7, 11) is 1.39. The van der Waals surface area contributed by atoms with Crippen LogP contribution in [0.1, 0.15) is 29.3 Å². The van der Waals surface area contributed by atoms with Crippen molar-refractivity contribution < 1.29 is 27.9 Å². The summed E-state index contributed by atoms with van der Waals surface area (Å²) in [5.74, 6) is 0.169. The molecule has 27 heavy (non-hydrogen) atoms. The van der Waals surface area contributed by atoms with E-state index < -0.39 is 17.0 Å². The number of rotatable bonds is 7. The molecule has 2 aromatic rings. The van der Waals surface area contributed by atoms with E-state index in [0.29, 0.717) is 34.1 Å². The number of ether oxygens (including phenoxy) is 3. The summed E-state index contributed by atoms with van der Waals surface area (Å²) in [6.45, 7) is 2.38. The Kier molecular flexibility index (Phi) is 6.03. The van der Waals surface area contributed by atoms with Gasteiger partial charge in [-0.3, -0.25) is 4.79 Å². The number of methoxy groups -OCH3 is 1. The monoisotopic (exact) mass is 390 g/mol. The minimum Gasteiger partial charge on any atom is -0.609 e. The highest BCUT2D eigenvalue weighted by Crippen LogP contribution is 2.37. The van der Waals surface area contributed by atoms with E-state index in [4.69, 9.17) is 14.2 Å². The van der Waals surface area contributed by atoms with Crippen LogP contribution in [0.4, 0.5) is 4.39 Å². The zero-order valence-corrected chi connectivity index (χ0v) is 15.8. The van der Waals surface area contributed by atoms with E-state index in [1.807, 2.05) is 6.92 Å². The first kappa shape index (κ1) is 19.3. The number of fused-ring (bicyclic) bond motifs is 1. The molecular formula is C20H19FO5S. The summed E-state index contributed by atoms with van der Waals surface area (Å²) in [4.78, 5) is 13.2. The Morgan fingerprint density at radius 1 is 1.33 bits per heavy atom. The van der Waals surface area contributed by atoms with Crippen molar-refractivity contribution in [1.82, 2.24) is 0 Å². The van der Waals surface area contributed by atoms with Gasteiger partial charge in [0.15, 0.2) is 23.1 Å². The quantitative estimate of drug-likeness (QED) is 0.406. The predicted molar refractivity (Wildman–Crippen MR) is 100 cm³/mol. The maximum absolute atomic E-state index is 13.8. The zero-order valence-electron chi connectivity index (χ0n) is 15.0. The largest absolute Gasteiger partial charge is 0.609 e. The summed E-state index contributed by atoms with van der Waals surface area (Å²) < 4.78 is 41.6. The topological polar surface area (TPSA) is 67.8 Å². The smallest absolute Gasteiger partial charge is 0.250 e. The van der Waals surface area contributed by atoms with E-state index in [1.54, 1.807) is 18.2 Å². The molecule has 1 heterocycles. The molecule has 0 radical (unpaired) electrons. The standard InChI is InChI=1S/C20H19FO5S/c1-3-8-25-18-11-20-19(26-12-27(20)23)10-14(18)16(22)6-4-13-5-7-17(24-2)15(21)9-13/h4-7,9-11H,3,8,12H2,1-2H3. The highest BCUT2D eigenvalue weighted by molar-refractivity contribution is 7.91. The van der Waals surface area contributed by atoms with E-state index in [-0.39, 0.29) is 17.5 Å². The third-order valence-electron chi connectivity index (χ3n) is 3.94. The molecule has 3 rings (SSSR count). The van der Waals surface area contributed by atoms with Crippen LogP contribution in [0.3, 0.4) is 0 Å². The highest BCUT2D eigenvalue weighted by atomic mass is 32.2. The summed E-state index contributed by atoms with van der Waals surface area (Å²) in [5.41, 5.74) is 0.836. The third kappa shape index (κ3) is 4.26. The van der Waals surface area contributed by atoms with E-state index in [0.717, 1.165) is 6.42 Å². The van der Waals surface area contributed by atoms with Gasteiger partial charge in [0.25, 0.3) is 5.94 Å². The molecule has 5 nitrogen and oxygen atoms in total. The fraction of sp³-hybridized carbons (Fsp3) is 0.250. The fourth-order valence-electron chi connectivity index (χ4n) is 2.58. The summed E-state index contributed by atoms with van der Waals surface area (Å²) in [6.07, 6.45) is 3.62. The molecule has 0 spiro atoms. The predicted octanol–water partition coefficient (Wildman–Crippen LogP) is 3.98. The number of allylic oxidation sites excluding steroid dienone is 1. The van der Waals surface area contributed by atoms with Crippen molar-refractivity contribution in [2.75, 3.05) is 19.7 Å². The molecular weight excluding hydrogens is 371 g/mol. The lowest BCUT2D eigenvalue weighted by atomic mass is 10.1. The highest BCUT2D eigenvalue weighted by Gasteiger charge is 2.29. The van der Waals surface area contributed by atoms with Crippen molar-refractivity contribution in [1.29, 1.82) is 0 Å². The number of halogens is 1. The van der Waals surface area contributed by atoms with Gasteiger partial charge < -0.3 is 18.8 Å². The first-order valence-corrected chi connectivity index (χ1v) is 9.73. The summed E-state index contributed by atoms with van der Waals surface area (Å²) in [5, 5.41) is 0. The Labute approximate surface area is 159 Å². The number of hydrogen-bond acceptors (Lipinski definition) is 5. The van der Waals surface area contributed by atoms with Gasteiger partial charge in [-0.2, -0.15) is 0 Å². The van der Waals surface area contributed by atoms with Crippen molar-refractivity contribution in [2.45, 2.75) is 18.2 Å². The average Bonchev–Trinajstić information content (AvgIpc) is 3.03. The van der Waals surface area contributed by atoms with Gasteiger partial charge in [0.05, 0.1) is 19.3 Å². The Balaban J connectivity index is 1.88. The lowest BCUT2D eigenvalue weighted by molar-refractivity contribution is 0.104. The van der Waals surface area contributed by atoms with Crippen LogP contribution in [0, 0.1) is 5.82 Å². The van der Waals surface area contributed by atoms with Crippen molar-refractivity contribution in [2.24, 2.45) is 0 Å². The van der Waals surface area contributed by atoms with Crippen molar-refractivity contribution >= 4 is 23.0 Å². The first-order chi connectivity index (χ1) is 13.0. The molecule has 1 aliphatic heterocycles. The lowest BCUT2D eigenvalue weighted by Gasteiger charge is -2.10.